The molecule has 3 rings (SSSR count). The maximum atomic E-state index is 12.7. The van der Waals surface area contributed by atoms with Gasteiger partial charge < -0.3 is 9.80 Å². The van der Waals surface area contributed by atoms with Gasteiger partial charge in [0.1, 0.15) is 5.15 Å². The molecule has 2 aliphatic heterocycles. The Morgan fingerprint density at radius 2 is 1.67 bits per heavy atom. The zero-order valence-corrected chi connectivity index (χ0v) is 15.1. The van der Waals surface area contributed by atoms with E-state index in [4.69, 9.17) is 11.6 Å². The summed E-state index contributed by atoms with van der Waals surface area (Å²) in [6, 6.07) is 0. The van der Waals surface area contributed by atoms with Crippen LogP contribution in [0, 0.1) is 6.92 Å². The minimum absolute atomic E-state index is 0.0730. The van der Waals surface area contributed by atoms with Crippen LogP contribution in [-0.2, 0) is 11.8 Å². The lowest BCUT2D eigenvalue weighted by Crippen LogP contribution is -2.51. The lowest BCUT2D eigenvalue weighted by Gasteiger charge is -2.35. The number of hydrogen-bond donors (Lipinski definition) is 0. The Kier molecular flexibility index (Phi) is 5.10. The number of aryl methyl sites for hydroxylation is 2. The summed E-state index contributed by atoms with van der Waals surface area (Å²) in [5.74, 6) is 0.134. The molecule has 0 saturated carbocycles. The van der Waals surface area contributed by atoms with Gasteiger partial charge in [-0.05, 0) is 19.8 Å². The van der Waals surface area contributed by atoms with Crippen LogP contribution >= 0.6 is 11.6 Å². The number of halogens is 1. The zero-order chi connectivity index (χ0) is 17.3. The number of hydrogen-bond acceptors (Lipinski definition) is 4. The number of piperazine rings is 1. The van der Waals surface area contributed by atoms with Crippen LogP contribution in [0.1, 0.15) is 28.9 Å². The molecule has 2 saturated heterocycles. The Labute approximate surface area is 147 Å². The van der Waals surface area contributed by atoms with Crippen molar-refractivity contribution in [2.24, 2.45) is 7.05 Å². The number of aromatic nitrogens is 2. The monoisotopic (exact) mass is 353 g/mol. The van der Waals surface area contributed by atoms with E-state index in [-0.39, 0.29) is 11.8 Å². The van der Waals surface area contributed by atoms with Crippen LogP contribution in [0.25, 0.3) is 0 Å². The van der Waals surface area contributed by atoms with Gasteiger partial charge in [0.2, 0.25) is 5.91 Å². The fourth-order valence-electron chi connectivity index (χ4n) is 3.40. The SMILES string of the molecule is Cc1nn(C)c(Cl)c1C(=O)N1CCN(CC(=O)N2CCCC2)CC1. The van der Waals surface area contributed by atoms with Gasteiger partial charge in [0.15, 0.2) is 0 Å². The average molecular weight is 354 g/mol. The standard InChI is InChI=1S/C16H24ClN5O2/c1-12-14(15(17)19(2)18-12)16(24)22-9-7-20(8-10-22)11-13(23)21-5-3-4-6-21/h3-11H2,1-2H3. The summed E-state index contributed by atoms with van der Waals surface area (Å²) in [6.45, 7) is 6.66. The van der Waals surface area contributed by atoms with Crippen molar-refractivity contribution in [2.75, 3.05) is 45.8 Å². The van der Waals surface area contributed by atoms with E-state index in [0.29, 0.717) is 49.1 Å². The highest BCUT2D eigenvalue weighted by Gasteiger charge is 2.28. The first-order chi connectivity index (χ1) is 11.5. The quantitative estimate of drug-likeness (QED) is 0.805. The molecule has 0 aliphatic carbocycles. The second-order valence-corrected chi connectivity index (χ2v) is 6.89. The summed E-state index contributed by atoms with van der Waals surface area (Å²) in [5, 5.41) is 4.58. The third-order valence-electron chi connectivity index (χ3n) is 4.84. The van der Waals surface area contributed by atoms with Crippen LogP contribution in [0.15, 0.2) is 0 Å². The molecule has 3 heterocycles. The van der Waals surface area contributed by atoms with E-state index in [2.05, 4.69) is 10.00 Å². The van der Waals surface area contributed by atoms with Crippen LogP contribution in [0.2, 0.25) is 5.15 Å². The largest absolute Gasteiger partial charge is 0.342 e. The lowest BCUT2D eigenvalue weighted by atomic mass is 10.2. The number of carbonyl (C=O) groups excluding carboxylic acids is 2. The normalized spacial score (nSPS) is 19.1. The summed E-state index contributed by atoms with van der Waals surface area (Å²) < 4.78 is 1.52. The van der Waals surface area contributed by atoms with Crippen LogP contribution in [0.5, 0.6) is 0 Å². The molecule has 0 aromatic carbocycles. The van der Waals surface area contributed by atoms with Gasteiger partial charge in [0.05, 0.1) is 17.8 Å². The van der Waals surface area contributed by atoms with Crippen molar-refractivity contribution in [3.63, 3.8) is 0 Å². The predicted octanol–water partition coefficient (Wildman–Crippen LogP) is 0.762. The van der Waals surface area contributed by atoms with Gasteiger partial charge in [-0.2, -0.15) is 5.10 Å². The Morgan fingerprint density at radius 1 is 1.04 bits per heavy atom. The second-order valence-electron chi connectivity index (χ2n) is 6.53. The van der Waals surface area contributed by atoms with Gasteiger partial charge >= 0.3 is 0 Å². The fraction of sp³-hybridized carbons (Fsp3) is 0.688. The van der Waals surface area contributed by atoms with Gasteiger partial charge in [0, 0.05) is 46.3 Å². The van der Waals surface area contributed by atoms with Crippen molar-refractivity contribution in [3.8, 4) is 0 Å². The van der Waals surface area contributed by atoms with E-state index in [1.807, 2.05) is 4.90 Å². The first-order valence-corrected chi connectivity index (χ1v) is 8.83. The summed E-state index contributed by atoms with van der Waals surface area (Å²) in [7, 11) is 1.73. The molecule has 1 aromatic heterocycles. The average Bonchev–Trinajstić information content (AvgIpc) is 3.17. The van der Waals surface area contributed by atoms with Gasteiger partial charge in [-0.3, -0.25) is 19.2 Å². The van der Waals surface area contributed by atoms with E-state index < -0.39 is 0 Å². The molecule has 0 spiro atoms. The minimum Gasteiger partial charge on any atom is -0.342 e. The molecule has 0 unspecified atom stereocenters. The van der Waals surface area contributed by atoms with Crippen molar-refractivity contribution in [1.29, 1.82) is 0 Å². The van der Waals surface area contributed by atoms with Crippen LogP contribution in [0.4, 0.5) is 0 Å². The smallest absolute Gasteiger partial charge is 0.258 e. The van der Waals surface area contributed by atoms with Crippen molar-refractivity contribution in [2.45, 2.75) is 19.8 Å². The molecule has 0 atom stereocenters. The second kappa shape index (κ2) is 7.11. The van der Waals surface area contributed by atoms with Gasteiger partial charge in [-0.15, -0.1) is 0 Å². The highest BCUT2D eigenvalue weighted by atomic mass is 35.5. The Bertz CT molecular complexity index is 631. The van der Waals surface area contributed by atoms with Gasteiger partial charge in [-0.25, -0.2) is 0 Å². The molecular formula is C16H24ClN5O2. The molecule has 2 amide bonds. The van der Waals surface area contributed by atoms with E-state index >= 15 is 0 Å². The molecule has 2 fully saturated rings. The molecule has 0 N–H and O–H groups in total. The molecule has 0 radical (unpaired) electrons. The number of likely N-dealkylation sites (tertiary alicyclic amines) is 1. The maximum Gasteiger partial charge on any atom is 0.258 e. The van der Waals surface area contributed by atoms with E-state index in [1.165, 1.54) is 4.68 Å². The van der Waals surface area contributed by atoms with Crippen molar-refractivity contribution < 1.29 is 9.59 Å². The van der Waals surface area contributed by atoms with E-state index in [1.54, 1.807) is 18.9 Å². The highest BCUT2D eigenvalue weighted by molar-refractivity contribution is 6.33. The Balaban J connectivity index is 1.54. The number of rotatable bonds is 3. The van der Waals surface area contributed by atoms with E-state index in [9.17, 15) is 9.59 Å². The number of carbonyl (C=O) groups is 2. The van der Waals surface area contributed by atoms with E-state index in [0.717, 1.165) is 25.9 Å². The lowest BCUT2D eigenvalue weighted by molar-refractivity contribution is -0.131. The predicted molar refractivity (Wildman–Crippen MR) is 91.1 cm³/mol. The molecule has 132 valence electrons. The summed E-state index contributed by atoms with van der Waals surface area (Å²) in [6.07, 6.45) is 2.22. The van der Waals surface area contributed by atoms with Crippen molar-refractivity contribution in [3.05, 3.63) is 16.4 Å². The van der Waals surface area contributed by atoms with Crippen molar-refractivity contribution in [1.82, 2.24) is 24.5 Å². The van der Waals surface area contributed by atoms with Crippen LogP contribution in [0.3, 0.4) is 0 Å². The molecule has 0 bridgehead atoms. The first-order valence-electron chi connectivity index (χ1n) is 8.46. The molecule has 2 aliphatic rings. The van der Waals surface area contributed by atoms with Crippen LogP contribution < -0.4 is 0 Å². The molecule has 7 nitrogen and oxygen atoms in total. The first kappa shape index (κ1) is 17.2. The molecular weight excluding hydrogens is 330 g/mol. The topological polar surface area (TPSA) is 61.7 Å². The highest BCUT2D eigenvalue weighted by Crippen LogP contribution is 2.21. The van der Waals surface area contributed by atoms with Gasteiger partial charge in [-0.1, -0.05) is 11.6 Å². The molecule has 1 aromatic rings. The molecule has 24 heavy (non-hydrogen) atoms. The number of nitrogens with zero attached hydrogens (tertiary/aromatic N) is 5. The Morgan fingerprint density at radius 3 is 2.21 bits per heavy atom. The minimum atomic E-state index is -0.0730. The summed E-state index contributed by atoms with van der Waals surface area (Å²) in [4.78, 5) is 30.8. The zero-order valence-electron chi connectivity index (χ0n) is 14.3. The summed E-state index contributed by atoms with van der Waals surface area (Å²) in [5.41, 5.74) is 1.14. The molecule has 8 heteroatoms. The fourth-order valence-corrected chi connectivity index (χ4v) is 3.65. The van der Waals surface area contributed by atoms with Crippen molar-refractivity contribution >= 4 is 23.4 Å². The third-order valence-corrected chi connectivity index (χ3v) is 5.28. The maximum absolute atomic E-state index is 12.7. The van der Waals surface area contributed by atoms with Crippen LogP contribution in [-0.4, -0.2) is 82.1 Å². The third kappa shape index (κ3) is 3.42. The summed E-state index contributed by atoms with van der Waals surface area (Å²) >= 11 is 6.19. The number of amides is 2. The van der Waals surface area contributed by atoms with Gasteiger partial charge in [0.25, 0.3) is 5.91 Å². The Hall–Kier alpha value is -1.60.